The van der Waals surface area contributed by atoms with Crippen LogP contribution in [0.5, 0.6) is 5.75 Å². The van der Waals surface area contributed by atoms with E-state index in [1.165, 1.54) is 4.90 Å². The summed E-state index contributed by atoms with van der Waals surface area (Å²) in [7, 11) is 0. The molecule has 7 nitrogen and oxygen atoms in total. The number of amides is 2. The predicted molar refractivity (Wildman–Crippen MR) is 171 cm³/mol. The third-order valence-corrected chi connectivity index (χ3v) is 9.03. The number of hydrogen-bond donors (Lipinski definition) is 0. The quantitative estimate of drug-likeness (QED) is 0.107. The average Bonchev–Trinajstić information content (AvgIpc) is 3.57. The van der Waals surface area contributed by atoms with Gasteiger partial charge in [0, 0.05) is 22.2 Å². The minimum Gasteiger partial charge on any atom is -0.425 e. The zero-order valence-electron chi connectivity index (χ0n) is 23.9. The van der Waals surface area contributed by atoms with Gasteiger partial charge in [0.25, 0.3) is 0 Å². The van der Waals surface area contributed by atoms with E-state index in [9.17, 15) is 19.2 Å². The highest BCUT2D eigenvalue weighted by Gasteiger charge is 2.65. The lowest BCUT2D eigenvalue weighted by Crippen LogP contribution is -2.50. The molecular weight excluding hydrogens is 564 g/mol. The Kier molecular flexibility index (Phi) is 6.20. The predicted octanol–water partition coefficient (Wildman–Crippen LogP) is 6.07. The zero-order valence-corrected chi connectivity index (χ0v) is 23.9. The highest BCUT2D eigenvalue weighted by Crippen LogP contribution is 2.50. The largest absolute Gasteiger partial charge is 0.425 e. The van der Waals surface area contributed by atoms with E-state index in [1.54, 1.807) is 54.6 Å². The van der Waals surface area contributed by atoms with Gasteiger partial charge in [-0.1, -0.05) is 97.1 Å². The van der Waals surface area contributed by atoms with Crippen molar-refractivity contribution in [1.29, 1.82) is 0 Å². The second-order valence-electron chi connectivity index (χ2n) is 11.5. The molecule has 0 saturated carbocycles. The maximum absolute atomic E-state index is 14.3. The number of ether oxygens (including phenoxy) is 1. The van der Waals surface area contributed by atoms with Crippen molar-refractivity contribution < 1.29 is 23.9 Å². The van der Waals surface area contributed by atoms with Crippen LogP contribution in [0.25, 0.3) is 16.8 Å². The number of carbonyl (C=O) groups is 4. The minimum absolute atomic E-state index is 0.143. The Bertz CT molecular complexity index is 2050. The summed E-state index contributed by atoms with van der Waals surface area (Å²) in [6, 6.07) is 34.5. The average molecular weight is 591 g/mol. The van der Waals surface area contributed by atoms with Crippen molar-refractivity contribution in [3.63, 3.8) is 0 Å². The van der Waals surface area contributed by atoms with Crippen LogP contribution in [0.4, 0.5) is 11.4 Å². The molecule has 0 bridgehead atoms. The number of benzene rings is 5. The van der Waals surface area contributed by atoms with Crippen LogP contribution in [0, 0.1) is 11.8 Å². The SMILES string of the molecule is O=C(c1ccccc1)c1ccc(OC(=O)[C@@H]2[C@@H]3C(=O)N(c4cccc5ccccc45)C(=O)[C@@H]3[C@@H]3C=Cc4ccccc4N23)cc1. The number of nitrogens with zero attached hydrogens (tertiary/aromatic N) is 2. The summed E-state index contributed by atoms with van der Waals surface area (Å²) in [5, 5.41) is 1.69. The number of anilines is 2. The molecule has 0 N–H and O–H groups in total. The Morgan fingerprint density at radius 1 is 0.622 bits per heavy atom. The fourth-order valence-electron chi connectivity index (χ4n) is 7.03. The highest BCUT2D eigenvalue weighted by molar-refractivity contribution is 6.27. The molecule has 0 unspecified atom stereocenters. The fraction of sp³-hybridized carbons (Fsp3) is 0.105. The lowest BCUT2D eigenvalue weighted by Gasteiger charge is -2.36. The first-order valence-corrected chi connectivity index (χ1v) is 14.8. The molecule has 5 aromatic carbocycles. The zero-order chi connectivity index (χ0) is 30.7. The van der Waals surface area contributed by atoms with Crippen molar-refractivity contribution in [3.8, 4) is 5.75 Å². The molecule has 0 spiro atoms. The molecule has 3 heterocycles. The highest BCUT2D eigenvalue weighted by atomic mass is 16.5. The van der Waals surface area contributed by atoms with E-state index in [2.05, 4.69) is 0 Å². The Morgan fingerprint density at radius 2 is 1.27 bits per heavy atom. The smallest absolute Gasteiger partial charge is 0.335 e. The molecule has 7 heteroatoms. The number of carbonyl (C=O) groups excluding carboxylic acids is 4. The van der Waals surface area contributed by atoms with Crippen LogP contribution in [-0.2, 0) is 14.4 Å². The summed E-state index contributed by atoms with van der Waals surface area (Å²) in [5.74, 6) is -3.02. The Hall–Kier alpha value is -5.82. The maximum Gasteiger partial charge on any atom is 0.335 e. The molecule has 8 rings (SSSR count). The van der Waals surface area contributed by atoms with Crippen LogP contribution in [0.1, 0.15) is 21.5 Å². The third kappa shape index (κ3) is 4.19. The van der Waals surface area contributed by atoms with Gasteiger partial charge in [-0.15, -0.1) is 0 Å². The number of hydrogen-bond acceptors (Lipinski definition) is 6. The molecule has 218 valence electrons. The van der Waals surface area contributed by atoms with E-state index in [1.807, 2.05) is 83.8 Å². The Balaban J connectivity index is 1.15. The molecule has 45 heavy (non-hydrogen) atoms. The monoisotopic (exact) mass is 590 g/mol. The van der Waals surface area contributed by atoms with E-state index in [0.29, 0.717) is 16.8 Å². The van der Waals surface area contributed by atoms with Gasteiger partial charge in [-0.3, -0.25) is 14.4 Å². The minimum atomic E-state index is -1.05. The van der Waals surface area contributed by atoms with Crippen LogP contribution >= 0.6 is 0 Å². The molecule has 0 radical (unpaired) electrons. The Morgan fingerprint density at radius 3 is 2.09 bits per heavy atom. The standard InChI is InChI=1S/C38H26N2O5/c41-35(25-11-2-1-3-12-25)26-17-20-27(21-18-26)45-38(44)34-33-32(31-22-19-24-10-5-7-15-29(24)39(31)34)36(42)40(37(33)43)30-16-8-13-23-9-4-6-14-28(23)30/h1-22,31-34H/t31-,32+,33+,34-/m0/s1. The molecule has 2 fully saturated rings. The van der Waals surface area contributed by atoms with Crippen LogP contribution in [0.3, 0.4) is 0 Å². The van der Waals surface area contributed by atoms with Gasteiger partial charge < -0.3 is 9.64 Å². The molecule has 4 atom stereocenters. The molecule has 5 aromatic rings. The summed E-state index contributed by atoms with van der Waals surface area (Å²) >= 11 is 0. The number of imide groups is 1. The summed E-state index contributed by atoms with van der Waals surface area (Å²) in [6.45, 7) is 0. The molecule has 2 amide bonds. The fourth-order valence-corrected chi connectivity index (χ4v) is 7.03. The lowest BCUT2D eigenvalue weighted by molar-refractivity contribution is -0.139. The van der Waals surface area contributed by atoms with Crippen molar-refractivity contribution in [1.82, 2.24) is 0 Å². The van der Waals surface area contributed by atoms with Gasteiger partial charge in [0.05, 0.1) is 23.6 Å². The summed E-state index contributed by atoms with van der Waals surface area (Å²) in [5.41, 5.74) is 3.18. The first kappa shape index (κ1) is 26.8. The van der Waals surface area contributed by atoms with Gasteiger partial charge in [0.15, 0.2) is 5.78 Å². The molecule has 3 aliphatic heterocycles. The van der Waals surface area contributed by atoms with Gasteiger partial charge in [0.2, 0.25) is 11.8 Å². The van der Waals surface area contributed by atoms with Crippen LogP contribution in [0.15, 0.2) is 127 Å². The van der Waals surface area contributed by atoms with Gasteiger partial charge in [-0.2, -0.15) is 0 Å². The number of fused-ring (bicyclic) bond motifs is 6. The molecule has 0 aromatic heterocycles. The van der Waals surface area contributed by atoms with Crippen molar-refractivity contribution in [2.24, 2.45) is 11.8 Å². The first-order valence-electron chi connectivity index (χ1n) is 14.8. The topological polar surface area (TPSA) is 84.0 Å². The number of rotatable bonds is 5. The summed E-state index contributed by atoms with van der Waals surface area (Å²) in [6.07, 6.45) is 3.86. The molecular formula is C38H26N2O5. The van der Waals surface area contributed by atoms with Gasteiger partial charge >= 0.3 is 5.97 Å². The van der Waals surface area contributed by atoms with Gasteiger partial charge in [-0.25, -0.2) is 9.69 Å². The molecule has 0 aliphatic carbocycles. The second-order valence-corrected chi connectivity index (χ2v) is 11.5. The maximum atomic E-state index is 14.3. The van der Waals surface area contributed by atoms with E-state index in [4.69, 9.17) is 4.74 Å². The normalized spacial score (nSPS) is 21.4. The van der Waals surface area contributed by atoms with Crippen LogP contribution < -0.4 is 14.5 Å². The molecule has 2 saturated heterocycles. The molecule has 3 aliphatic rings. The van der Waals surface area contributed by atoms with E-state index < -0.39 is 35.8 Å². The summed E-state index contributed by atoms with van der Waals surface area (Å²) < 4.78 is 5.91. The third-order valence-electron chi connectivity index (χ3n) is 9.03. The van der Waals surface area contributed by atoms with E-state index in [0.717, 1.165) is 22.0 Å². The van der Waals surface area contributed by atoms with Crippen molar-refractivity contribution in [2.45, 2.75) is 12.1 Å². The number of para-hydroxylation sites is 1. The van der Waals surface area contributed by atoms with Crippen LogP contribution in [0.2, 0.25) is 0 Å². The Labute approximate surface area is 259 Å². The summed E-state index contributed by atoms with van der Waals surface area (Å²) in [4.78, 5) is 58.7. The van der Waals surface area contributed by atoms with Gasteiger partial charge in [0.1, 0.15) is 11.8 Å². The van der Waals surface area contributed by atoms with Crippen molar-refractivity contribution >= 4 is 51.8 Å². The first-order chi connectivity index (χ1) is 22.0. The lowest BCUT2D eigenvalue weighted by atomic mass is 9.89. The number of ketones is 1. The second kappa shape index (κ2) is 10.4. The van der Waals surface area contributed by atoms with E-state index in [-0.39, 0.29) is 17.4 Å². The number of esters is 1. The van der Waals surface area contributed by atoms with Crippen LogP contribution in [-0.4, -0.2) is 35.7 Å². The van der Waals surface area contributed by atoms with Crippen molar-refractivity contribution in [3.05, 3.63) is 144 Å². The van der Waals surface area contributed by atoms with Crippen molar-refractivity contribution in [2.75, 3.05) is 9.80 Å². The van der Waals surface area contributed by atoms with E-state index >= 15 is 0 Å². The van der Waals surface area contributed by atoms with Gasteiger partial charge in [-0.05, 0) is 47.3 Å².